The molecule has 3 atom stereocenters. The fraction of sp³-hybridized carbons (Fsp3) is 0.207. The van der Waals surface area contributed by atoms with Crippen LogP contribution in [0, 0.1) is 6.92 Å². The molecule has 2 aromatic heterocycles. The van der Waals surface area contributed by atoms with E-state index in [4.69, 9.17) is 4.42 Å². The van der Waals surface area contributed by atoms with E-state index in [0.717, 1.165) is 28.3 Å². The fourth-order valence-electron chi connectivity index (χ4n) is 5.00. The lowest BCUT2D eigenvalue weighted by atomic mass is 10.0. The molecule has 1 unspecified atom stereocenters. The van der Waals surface area contributed by atoms with Crippen LogP contribution in [0.5, 0.6) is 17.2 Å². The molecule has 0 spiro atoms. The number of carboxylic acids is 1. The zero-order valence-electron chi connectivity index (χ0n) is 24.0. The molecule has 3 amide bonds. The van der Waals surface area contributed by atoms with Gasteiger partial charge in [-0.15, -0.1) is 22.0 Å². The molecule has 15 nitrogen and oxygen atoms in total. The van der Waals surface area contributed by atoms with Gasteiger partial charge < -0.3 is 35.5 Å². The lowest BCUT2D eigenvalue weighted by molar-refractivity contribution is -0.151. The first-order chi connectivity index (χ1) is 22.4. The summed E-state index contributed by atoms with van der Waals surface area (Å²) in [5, 5.41) is 52.2. The van der Waals surface area contributed by atoms with Crippen LogP contribution in [0.15, 0.2) is 67.5 Å². The summed E-state index contributed by atoms with van der Waals surface area (Å²) in [6.45, 7) is 1.80. The molecule has 2 aliphatic heterocycles. The van der Waals surface area contributed by atoms with Crippen LogP contribution in [0.25, 0.3) is 11.0 Å². The first-order valence-corrected chi connectivity index (χ1v) is 16.5. The predicted octanol–water partition coefficient (Wildman–Crippen LogP) is 2.07. The zero-order chi connectivity index (χ0) is 33.6. The number of phenolic OH excluding ortho intramolecular Hbond substituents is 3. The highest BCUT2D eigenvalue weighted by Crippen LogP contribution is 2.42. The number of fused-ring (bicyclic) bond motifs is 2. The fourth-order valence-corrected chi connectivity index (χ4v) is 8.30. The third-order valence-electron chi connectivity index (χ3n) is 7.30. The summed E-state index contributed by atoms with van der Waals surface area (Å²) in [6.07, 6.45) is 0.843. The number of hydrogen-bond donors (Lipinski definition) is 6. The number of carbonyl (C=O) groups excluding carboxylic acids is 3. The van der Waals surface area contributed by atoms with E-state index in [2.05, 4.69) is 20.8 Å². The van der Waals surface area contributed by atoms with Gasteiger partial charge in [0.05, 0.1) is 5.39 Å². The van der Waals surface area contributed by atoms with Crippen molar-refractivity contribution in [1.82, 2.24) is 25.7 Å². The molecule has 1 fully saturated rings. The SMILES string of the molecule is Cc1nnc(SCC2=C(C(=O)O)N3C(=O)[C@@H](NC(=O)C(NC(=O)c4coc5cc(O)c(O)cc5c4=O)c4ccc(O)cc4)[C@@H]3SC2)s1. The molecule has 4 aromatic rings. The highest BCUT2D eigenvalue weighted by atomic mass is 32.2. The summed E-state index contributed by atoms with van der Waals surface area (Å²) >= 11 is 3.95. The lowest BCUT2D eigenvalue weighted by Crippen LogP contribution is -2.71. The Morgan fingerprint density at radius 3 is 2.51 bits per heavy atom. The Bertz CT molecular complexity index is 2040. The zero-order valence-corrected chi connectivity index (χ0v) is 26.4. The average Bonchev–Trinajstić information content (AvgIpc) is 3.47. The van der Waals surface area contributed by atoms with Crippen LogP contribution in [-0.2, 0) is 14.4 Å². The standard InChI is InChI=1S/C29H23N5O10S3/c1-11-32-33-29(47-11)46-10-13-9-45-27-21(26(41)34(27)22(13)28(42)43)31-25(40)20(12-2-4-14(35)5-3-12)30-24(39)16-8-44-19-7-18(37)17(36)6-15(19)23(16)38/h2-8,20-21,27,35-37H,9-10H2,1H3,(H,30,39)(H,31,40)(H,42,43)/t20?,21-,27+/m1/s1. The molecule has 4 heterocycles. The van der Waals surface area contributed by atoms with Gasteiger partial charge >= 0.3 is 5.97 Å². The minimum absolute atomic E-state index is 0.0977. The van der Waals surface area contributed by atoms with Gasteiger partial charge in [-0.1, -0.05) is 35.2 Å². The van der Waals surface area contributed by atoms with Crippen molar-refractivity contribution >= 4 is 69.5 Å². The van der Waals surface area contributed by atoms with E-state index in [1.54, 1.807) is 6.92 Å². The molecule has 6 rings (SSSR count). The summed E-state index contributed by atoms with van der Waals surface area (Å²) in [5.74, 6) is -4.53. The van der Waals surface area contributed by atoms with Crippen molar-refractivity contribution < 1.29 is 44.0 Å². The Kier molecular flexibility index (Phi) is 8.56. The highest BCUT2D eigenvalue weighted by molar-refractivity contribution is 8.01. The maximum atomic E-state index is 13.7. The molecule has 0 saturated carbocycles. The maximum absolute atomic E-state index is 13.7. The maximum Gasteiger partial charge on any atom is 0.352 e. The van der Waals surface area contributed by atoms with Crippen molar-refractivity contribution in [3.63, 3.8) is 0 Å². The number of carboxylic acid groups (broad SMARTS) is 1. The van der Waals surface area contributed by atoms with Crippen LogP contribution in [0.4, 0.5) is 0 Å². The van der Waals surface area contributed by atoms with Crippen LogP contribution in [0.3, 0.4) is 0 Å². The number of aromatic nitrogens is 2. The van der Waals surface area contributed by atoms with Crippen molar-refractivity contribution in [2.24, 2.45) is 0 Å². The van der Waals surface area contributed by atoms with E-state index >= 15 is 0 Å². The number of nitrogens with one attached hydrogen (secondary N) is 2. The van der Waals surface area contributed by atoms with Crippen molar-refractivity contribution in [2.45, 2.75) is 28.7 Å². The van der Waals surface area contributed by atoms with Gasteiger partial charge in [0.25, 0.3) is 11.8 Å². The third-order valence-corrected chi connectivity index (χ3v) is 10.7. The summed E-state index contributed by atoms with van der Waals surface area (Å²) in [5.41, 5.74) is -0.919. The van der Waals surface area contributed by atoms with Gasteiger partial charge in [0.2, 0.25) is 11.3 Å². The molecule has 242 valence electrons. The van der Waals surface area contributed by atoms with Crippen LogP contribution in [0.2, 0.25) is 0 Å². The van der Waals surface area contributed by atoms with E-state index in [-0.39, 0.29) is 39.5 Å². The van der Waals surface area contributed by atoms with Crippen molar-refractivity contribution in [3.05, 3.63) is 80.3 Å². The number of hydrogen-bond acceptors (Lipinski definition) is 14. The second kappa shape index (κ2) is 12.6. The summed E-state index contributed by atoms with van der Waals surface area (Å²) in [6, 6.07) is 4.63. The quantitative estimate of drug-likeness (QED) is 0.0835. The van der Waals surface area contributed by atoms with Gasteiger partial charge in [-0.05, 0) is 36.3 Å². The minimum Gasteiger partial charge on any atom is -0.508 e. The van der Waals surface area contributed by atoms with E-state index in [1.165, 1.54) is 59.1 Å². The molecule has 0 bridgehead atoms. The Morgan fingerprint density at radius 2 is 1.83 bits per heavy atom. The van der Waals surface area contributed by atoms with Crippen LogP contribution >= 0.6 is 34.9 Å². The molecular formula is C29H23N5O10S3. The van der Waals surface area contributed by atoms with Crippen molar-refractivity contribution in [3.8, 4) is 17.2 Å². The van der Waals surface area contributed by atoms with Crippen LogP contribution in [-0.4, -0.2) is 82.1 Å². The average molecular weight is 698 g/mol. The predicted molar refractivity (Wildman–Crippen MR) is 169 cm³/mol. The molecule has 6 N–H and O–H groups in total. The van der Waals surface area contributed by atoms with E-state index in [1.807, 2.05) is 0 Å². The van der Waals surface area contributed by atoms with E-state index in [0.29, 0.717) is 9.91 Å². The number of nitrogens with zero attached hydrogens (tertiary/aromatic N) is 3. The van der Waals surface area contributed by atoms with Crippen molar-refractivity contribution in [2.75, 3.05) is 11.5 Å². The normalized spacial score (nSPS) is 18.0. The second-order valence-electron chi connectivity index (χ2n) is 10.3. The smallest absolute Gasteiger partial charge is 0.352 e. The van der Waals surface area contributed by atoms with Gasteiger partial charge in [-0.25, -0.2) is 4.79 Å². The lowest BCUT2D eigenvalue weighted by Gasteiger charge is -2.49. The number of aromatic hydroxyl groups is 3. The number of thioether (sulfide) groups is 2. The number of amides is 3. The molecule has 1 saturated heterocycles. The molecule has 2 aliphatic rings. The Balaban J connectivity index is 1.22. The van der Waals surface area contributed by atoms with Crippen LogP contribution < -0.4 is 16.1 Å². The number of benzene rings is 2. The summed E-state index contributed by atoms with van der Waals surface area (Å²) in [4.78, 5) is 66.8. The Morgan fingerprint density at radius 1 is 1.11 bits per heavy atom. The molecule has 18 heteroatoms. The summed E-state index contributed by atoms with van der Waals surface area (Å²) < 4.78 is 5.97. The molecule has 2 aromatic carbocycles. The third kappa shape index (κ3) is 6.09. The number of aliphatic carboxylic acids is 1. The molecule has 47 heavy (non-hydrogen) atoms. The first-order valence-electron chi connectivity index (χ1n) is 13.6. The second-order valence-corrected chi connectivity index (χ2v) is 13.9. The van der Waals surface area contributed by atoms with Gasteiger partial charge in [0.15, 0.2) is 15.8 Å². The largest absolute Gasteiger partial charge is 0.508 e. The number of aryl methyl sites for hydroxylation is 1. The summed E-state index contributed by atoms with van der Waals surface area (Å²) in [7, 11) is 0. The number of β-lactam (4-membered cyclic amide) rings is 1. The number of phenols is 3. The Hall–Kier alpha value is -5.07. The number of carbonyl (C=O) groups is 4. The van der Waals surface area contributed by atoms with Crippen molar-refractivity contribution in [1.29, 1.82) is 0 Å². The molecule has 0 radical (unpaired) electrons. The Labute approximate surface area is 276 Å². The first kappa shape index (κ1) is 31.9. The topological polar surface area (TPSA) is 232 Å². The van der Waals surface area contributed by atoms with Crippen LogP contribution in [0.1, 0.15) is 27.0 Å². The van der Waals surface area contributed by atoms with E-state index in [9.17, 15) is 44.4 Å². The molecule has 0 aliphatic carbocycles. The monoisotopic (exact) mass is 697 g/mol. The molecular weight excluding hydrogens is 675 g/mol. The highest BCUT2D eigenvalue weighted by Gasteiger charge is 2.54. The number of rotatable bonds is 9. The minimum atomic E-state index is -1.47. The van der Waals surface area contributed by atoms with E-state index < -0.39 is 63.6 Å². The van der Waals surface area contributed by atoms with Gasteiger partial charge in [-0.3, -0.25) is 24.1 Å². The van der Waals surface area contributed by atoms with Gasteiger partial charge in [0, 0.05) is 17.6 Å². The van der Waals surface area contributed by atoms with Gasteiger partial charge in [0.1, 0.15) is 51.3 Å². The van der Waals surface area contributed by atoms with Gasteiger partial charge in [-0.2, -0.15) is 0 Å².